The Bertz CT molecular complexity index is 553. The molecule has 0 radical (unpaired) electrons. The van der Waals surface area contributed by atoms with E-state index in [1.54, 1.807) is 11.3 Å². The fraction of sp³-hybridized carbons (Fsp3) is 0.438. The Morgan fingerprint density at radius 2 is 2.00 bits per heavy atom. The van der Waals surface area contributed by atoms with Crippen LogP contribution < -0.4 is 10.2 Å². The summed E-state index contributed by atoms with van der Waals surface area (Å²) >= 11 is 1.78. The monoisotopic (exact) mass is 287 g/mol. The van der Waals surface area contributed by atoms with E-state index in [4.69, 9.17) is 4.98 Å². The quantitative estimate of drug-likeness (QED) is 0.933. The first kappa shape index (κ1) is 13.6. The van der Waals surface area contributed by atoms with Crippen LogP contribution in [0.3, 0.4) is 0 Å². The van der Waals surface area contributed by atoms with Crippen molar-refractivity contribution >= 4 is 17.0 Å². The summed E-state index contributed by atoms with van der Waals surface area (Å²) in [4.78, 5) is 6.93. The van der Waals surface area contributed by atoms with Crippen LogP contribution in [0, 0.1) is 0 Å². The Labute approximate surface area is 124 Å². The first-order valence-corrected chi connectivity index (χ1v) is 8.08. The number of hydrogen-bond donors (Lipinski definition) is 1. The van der Waals surface area contributed by atoms with Gasteiger partial charge in [-0.3, -0.25) is 0 Å². The Kier molecular flexibility index (Phi) is 4.03. The fourth-order valence-electron chi connectivity index (χ4n) is 2.57. The summed E-state index contributed by atoms with van der Waals surface area (Å²) in [6, 6.07) is 9.06. The summed E-state index contributed by atoms with van der Waals surface area (Å²) in [7, 11) is 4.12. The minimum atomic E-state index is 0.462. The van der Waals surface area contributed by atoms with Crippen molar-refractivity contribution in [1.82, 2.24) is 10.3 Å². The van der Waals surface area contributed by atoms with Crippen molar-refractivity contribution in [2.24, 2.45) is 0 Å². The topological polar surface area (TPSA) is 28.2 Å². The Balaban J connectivity index is 1.78. The minimum Gasteiger partial charge on any atom is -0.378 e. The van der Waals surface area contributed by atoms with Crippen LogP contribution in [-0.2, 0) is 0 Å². The first-order valence-electron chi connectivity index (χ1n) is 7.20. The number of piperidine rings is 1. The third-order valence-electron chi connectivity index (χ3n) is 3.81. The average molecular weight is 287 g/mol. The molecule has 0 spiro atoms. The second-order valence-electron chi connectivity index (χ2n) is 5.51. The molecule has 1 aliphatic heterocycles. The van der Waals surface area contributed by atoms with Crippen LogP contribution in [0.4, 0.5) is 5.69 Å². The molecular weight excluding hydrogens is 266 g/mol. The molecule has 106 valence electrons. The van der Waals surface area contributed by atoms with Crippen LogP contribution >= 0.6 is 11.3 Å². The number of hydrogen-bond acceptors (Lipinski definition) is 4. The van der Waals surface area contributed by atoms with Crippen molar-refractivity contribution in [3.63, 3.8) is 0 Å². The Hall–Kier alpha value is -1.39. The minimum absolute atomic E-state index is 0.462. The zero-order valence-corrected chi connectivity index (χ0v) is 12.9. The molecule has 3 nitrogen and oxygen atoms in total. The molecule has 1 N–H and O–H groups in total. The molecule has 0 unspecified atom stereocenters. The van der Waals surface area contributed by atoms with Gasteiger partial charge in [-0.1, -0.05) is 18.6 Å². The van der Waals surface area contributed by atoms with Crippen LogP contribution in [-0.4, -0.2) is 25.6 Å². The van der Waals surface area contributed by atoms with E-state index in [1.807, 2.05) is 0 Å². The second kappa shape index (κ2) is 5.94. The van der Waals surface area contributed by atoms with E-state index in [-0.39, 0.29) is 0 Å². The summed E-state index contributed by atoms with van der Waals surface area (Å²) in [6.07, 6.45) is 3.82. The van der Waals surface area contributed by atoms with Crippen molar-refractivity contribution in [3.8, 4) is 11.3 Å². The maximum Gasteiger partial charge on any atom is 0.110 e. The van der Waals surface area contributed by atoms with Crippen molar-refractivity contribution in [3.05, 3.63) is 34.7 Å². The van der Waals surface area contributed by atoms with E-state index in [0.717, 1.165) is 12.2 Å². The molecule has 1 atom stereocenters. The maximum absolute atomic E-state index is 4.82. The lowest BCUT2D eigenvalue weighted by atomic mass is 10.1. The molecule has 2 aromatic rings. The van der Waals surface area contributed by atoms with E-state index in [1.165, 1.54) is 35.5 Å². The molecule has 1 fully saturated rings. The van der Waals surface area contributed by atoms with Gasteiger partial charge < -0.3 is 10.2 Å². The van der Waals surface area contributed by atoms with Gasteiger partial charge in [0.1, 0.15) is 5.01 Å². The van der Waals surface area contributed by atoms with Crippen LogP contribution in [0.15, 0.2) is 29.6 Å². The molecule has 1 aromatic carbocycles. The van der Waals surface area contributed by atoms with Crippen molar-refractivity contribution in [2.45, 2.75) is 25.3 Å². The second-order valence-corrected chi connectivity index (χ2v) is 6.40. The van der Waals surface area contributed by atoms with E-state index >= 15 is 0 Å². The van der Waals surface area contributed by atoms with Crippen molar-refractivity contribution < 1.29 is 0 Å². The van der Waals surface area contributed by atoms with Crippen molar-refractivity contribution in [1.29, 1.82) is 0 Å². The molecule has 1 aliphatic rings. The molecule has 2 heterocycles. The lowest BCUT2D eigenvalue weighted by molar-refractivity contribution is 0.411. The van der Waals surface area contributed by atoms with Gasteiger partial charge in [0.05, 0.1) is 11.7 Å². The van der Waals surface area contributed by atoms with Gasteiger partial charge in [-0.25, -0.2) is 4.98 Å². The summed E-state index contributed by atoms with van der Waals surface area (Å²) in [5, 5.41) is 6.98. The molecule has 3 rings (SSSR count). The number of nitrogens with one attached hydrogen (secondary N) is 1. The zero-order chi connectivity index (χ0) is 13.9. The highest BCUT2D eigenvalue weighted by Gasteiger charge is 2.18. The molecule has 1 aromatic heterocycles. The smallest absolute Gasteiger partial charge is 0.110 e. The van der Waals surface area contributed by atoms with Gasteiger partial charge in [-0.05, 0) is 31.5 Å². The molecule has 4 heteroatoms. The SMILES string of the molecule is CN(C)c1ccc(-c2csc([C@H]3CCCCN3)n2)cc1. The molecule has 0 saturated carbocycles. The first-order chi connectivity index (χ1) is 9.74. The number of anilines is 1. The molecule has 1 saturated heterocycles. The normalized spacial score (nSPS) is 19.0. The van der Waals surface area contributed by atoms with E-state index in [0.29, 0.717) is 6.04 Å². The van der Waals surface area contributed by atoms with Crippen molar-refractivity contribution in [2.75, 3.05) is 25.5 Å². The molecule has 0 bridgehead atoms. The van der Waals surface area contributed by atoms with E-state index in [2.05, 4.69) is 54.0 Å². The van der Waals surface area contributed by atoms with Gasteiger partial charge in [0.25, 0.3) is 0 Å². The third kappa shape index (κ3) is 2.86. The van der Waals surface area contributed by atoms with Gasteiger partial charge in [0, 0.05) is 30.7 Å². The maximum atomic E-state index is 4.82. The van der Waals surface area contributed by atoms with Crippen LogP contribution in [0.1, 0.15) is 30.3 Å². The summed E-state index contributed by atoms with van der Waals surface area (Å²) in [5.41, 5.74) is 3.52. The highest BCUT2D eigenvalue weighted by atomic mass is 32.1. The predicted octanol–water partition coefficient (Wildman–Crippen LogP) is 3.69. The van der Waals surface area contributed by atoms with Crippen LogP contribution in [0.2, 0.25) is 0 Å². The highest BCUT2D eigenvalue weighted by Crippen LogP contribution is 2.30. The summed E-state index contributed by atoms with van der Waals surface area (Å²) < 4.78 is 0. The predicted molar refractivity (Wildman–Crippen MR) is 86.5 cm³/mol. The number of aromatic nitrogens is 1. The van der Waals surface area contributed by atoms with Gasteiger partial charge in [-0.15, -0.1) is 11.3 Å². The van der Waals surface area contributed by atoms with E-state index < -0.39 is 0 Å². The number of benzene rings is 1. The number of nitrogens with zero attached hydrogens (tertiary/aromatic N) is 2. The van der Waals surface area contributed by atoms with Gasteiger partial charge >= 0.3 is 0 Å². The van der Waals surface area contributed by atoms with Gasteiger partial charge in [-0.2, -0.15) is 0 Å². The highest BCUT2D eigenvalue weighted by molar-refractivity contribution is 7.10. The summed E-state index contributed by atoms with van der Waals surface area (Å²) in [6.45, 7) is 1.12. The molecular formula is C16H21N3S. The zero-order valence-electron chi connectivity index (χ0n) is 12.1. The van der Waals surface area contributed by atoms with Gasteiger partial charge in [0.2, 0.25) is 0 Å². The Morgan fingerprint density at radius 1 is 1.20 bits per heavy atom. The van der Waals surface area contributed by atoms with E-state index in [9.17, 15) is 0 Å². The Morgan fingerprint density at radius 3 is 2.65 bits per heavy atom. The van der Waals surface area contributed by atoms with Gasteiger partial charge in [0.15, 0.2) is 0 Å². The summed E-state index contributed by atoms with van der Waals surface area (Å²) in [5.74, 6) is 0. The average Bonchev–Trinajstić information content (AvgIpc) is 2.98. The number of thiazole rings is 1. The largest absolute Gasteiger partial charge is 0.378 e. The molecule has 0 amide bonds. The van der Waals surface area contributed by atoms with Crippen LogP contribution in [0.5, 0.6) is 0 Å². The fourth-order valence-corrected chi connectivity index (χ4v) is 3.51. The lowest BCUT2D eigenvalue weighted by Crippen LogP contribution is -2.26. The third-order valence-corrected chi connectivity index (χ3v) is 4.77. The standard InChI is InChI=1S/C16H21N3S/c1-19(2)13-8-6-12(7-9-13)15-11-20-16(18-15)14-5-3-4-10-17-14/h6-9,11,14,17H,3-5,10H2,1-2H3/t14-/m1/s1. The molecule has 20 heavy (non-hydrogen) atoms. The molecule has 0 aliphatic carbocycles. The van der Waals surface area contributed by atoms with Crippen LogP contribution in [0.25, 0.3) is 11.3 Å². The number of rotatable bonds is 3. The lowest BCUT2D eigenvalue weighted by Gasteiger charge is -2.21.